The first kappa shape index (κ1) is 29.1. The Labute approximate surface area is 250 Å². The number of halogens is 3. The molecule has 6 nitrogen and oxygen atoms in total. The molecule has 2 heterocycles. The number of aromatic nitrogens is 3. The number of benzene rings is 2. The maximum Gasteiger partial charge on any atom is 1.00 e. The zero-order chi connectivity index (χ0) is 26.1. The van der Waals surface area contributed by atoms with Gasteiger partial charge in [-0.2, -0.15) is 5.10 Å². The van der Waals surface area contributed by atoms with Crippen LogP contribution in [0.1, 0.15) is 60.5 Å². The zero-order valence-corrected chi connectivity index (χ0v) is 24.6. The maximum atomic E-state index is 15.6. The van der Waals surface area contributed by atoms with Gasteiger partial charge in [-0.3, -0.25) is 4.68 Å². The largest absolute Gasteiger partial charge is 1.00 e. The van der Waals surface area contributed by atoms with Crippen molar-refractivity contribution in [1.29, 1.82) is 0 Å². The van der Waals surface area contributed by atoms with Crippen LogP contribution in [-0.4, -0.2) is 26.9 Å². The van der Waals surface area contributed by atoms with Crippen molar-refractivity contribution in [2.75, 3.05) is 6.54 Å². The van der Waals surface area contributed by atoms with Crippen LogP contribution in [0.25, 0.3) is 16.6 Å². The Bertz CT molecular complexity index is 1470. The minimum absolute atomic E-state index is 0. The molecule has 1 fully saturated rings. The Hall–Kier alpha value is -1.88. The van der Waals surface area contributed by atoms with E-state index in [1.165, 1.54) is 24.3 Å². The van der Waals surface area contributed by atoms with E-state index in [-0.39, 0.29) is 45.4 Å². The average molecular weight is 567 g/mol. The van der Waals surface area contributed by atoms with Crippen LogP contribution in [0.2, 0.25) is 5.02 Å². The van der Waals surface area contributed by atoms with Gasteiger partial charge in [0.1, 0.15) is 5.82 Å². The number of aryl methyl sites for hydroxylation is 1. The Kier molecular flexibility index (Phi) is 9.60. The molecule has 0 radical (unpaired) electrons. The molecule has 38 heavy (non-hydrogen) atoms. The quantitative estimate of drug-likeness (QED) is 0.223. The molecule has 11 heteroatoms. The van der Waals surface area contributed by atoms with Crippen LogP contribution >= 0.6 is 23.4 Å². The Morgan fingerprint density at radius 1 is 1.13 bits per heavy atom. The van der Waals surface area contributed by atoms with Crippen molar-refractivity contribution < 1.29 is 48.2 Å². The van der Waals surface area contributed by atoms with Crippen LogP contribution in [0.15, 0.2) is 52.5 Å². The minimum Gasteiger partial charge on any atom is -0.545 e. The van der Waals surface area contributed by atoms with Gasteiger partial charge in [0.2, 0.25) is 0 Å². The molecule has 0 atom stereocenters. The molecule has 0 spiro atoms. The van der Waals surface area contributed by atoms with Crippen molar-refractivity contribution in [1.82, 2.24) is 14.3 Å². The molecule has 0 bridgehead atoms. The number of carbonyl (C=O) groups excluding carboxylic acids is 1. The summed E-state index contributed by atoms with van der Waals surface area (Å²) in [6.45, 7) is 1.42. The fourth-order valence-electron chi connectivity index (χ4n) is 4.62. The molecule has 1 saturated carbocycles. The second kappa shape index (κ2) is 12.5. The molecule has 4 aromatic rings. The number of rotatable bonds is 11. The third-order valence-corrected chi connectivity index (χ3v) is 8.05. The van der Waals surface area contributed by atoms with E-state index in [1.54, 1.807) is 12.3 Å². The van der Waals surface area contributed by atoms with Crippen molar-refractivity contribution in [3.63, 3.8) is 0 Å². The molecule has 0 unspecified atom stereocenters. The van der Waals surface area contributed by atoms with E-state index in [1.807, 2.05) is 15.4 Å². The Morgan fingerprint density at radius 3 is 2.61 bits per heavy atom. The van der Waals surface area contributed by atoms with Gasteiger partial charge in [0.25, 0.3) is 0 Å². The SMILES string of the molecule is NCCCCCCn1cc(-n2c(C3CC3)c(Sc3cccc(C(=O)[O-])c3F)c3ccc(Cl)c(F)c32)cn1.[Na+]. The molecular formula is C27H26ClF2N4NaO2S. The number of unbranched alkanes of at least 4 members (excludes halogenated alkanes) is 3. The third-order valence-electron chi connectivity index (χ3n) is 6.59. The van der Waals surface area contributed by atoms with E-state index in [4.69, 9.17) is 17.3 Å². The number of fused-ring (bicyclic) bond motifs is 1. The zero-order valence-electron chi connectivity index (χ0n) is 21.1. The summed E-state index contributed by atoms with van der Waals surface area (Å²) < 4.78 is 34.3. The van der Waals surface area contributed by atoms with Crippen molar-refractivity contribution in [2.45, 2.75) is 60.8 Å². The van der Waals surface area contributed by atoms with E-state index in [0.717, 1.165) is 62.5 Å². The van der Waals surface area contributed by atoms with Crippen LogP contribution in [0, 0.1) is 11.6 Å². The van der Waals surface area contributed by atoms with Gasteiger partial charge in [0, 0.05) is 45.1 Å². The van der Waals surface area contributed by atoms with Gasteiger partial charge in [-0.25, -0.2) is 8.78 Å². The van der Waals surface area contributed by atoms with Crippen LogP contribution in [0.3, 0.4) is 0 Å². The third kappa shape index (κ3) is 5.83. The van der Waals surface area contributed by atoms with Crippen molar-refractivity contribution in [2.24, 2.45) is 5.73 Å². The number of hydrogen-bond donors (Lipinski definition) is 1. The van der Waals surface area contributed by atoms with Gasteiger partial charge in [-0.05, 0) is 50.4 Å². The van der Waals surface area contributed by atoms with Crippen LogP contribution in [0.5, 0.6) is 0 Å². The summed E-state index contributed by atoms with van der Waals surface area (Å²) in [5.74, 6) is -2.86. The van der Waals surface area contributed by atoms with Gasteiger partial charge < -0.3 is 20.2 Å². The molecule has 1 aliphatic carbocycles. The van der Waals surface area contributed by atoms with Crippen molar-refractivity contribution in [3.8, 4) is 5.69 Å². The maximum absolute atomic E-state index is 15.6. The first-order chi connectivity index (χ1) is 17.9. The summed E-state index contributed by atoms with van der Waals surface area (Å²) >= 11 is 7.30. The molecule has 1 aliphatic rings. The van der Waals surface area contributed by atoms with E-state index in [9.17, 15) is 9.90 Å². The summed E-state index contributed by atoms with van der Waals surface area (Å²) in [5.41, 5.74) is 6.91. The predicted molar refractivity (Wildman–Crippen MR) is 138 cm³/mol. The fourth-order valence-corrected chi connectivity index (χ4v) is 5.98. The van der Waals surface area contributed by atoms with Crippen molar-refractivity contribution >= 4 is 40.2 Å². The number of nitrogens with two attached hydrogens (primary N) is 1. The molecule has 194 valence electrons. The standard InChI is InChI=1S/C27H27ClF2N4O2S.Na/c28-20-11-10-19-25(23(20)30)34(17-14-32-33(15-17)13-4-2-1-3-12-31)24(16-8-9-16)26(19)37-21-7-5-6-18(22(21)29)27(35)36;/h5-7,10-11,14-16H,1-4,8-9,12-13,31H2,(H,35,36);/q;+1/p-1. The predicted octanol–water partition coefficient (Wildman–Crippen LogP) is 2.67. The number of nitrogens with zero attached hydrogens (tertiary/aromatic N) is 3. The number of aromatic carboxylic acids is 1. The summed E-state index contributed by atoms with van der Waals surface area (Å²) in [4.78, 5) is 12.2. The molecule has 5 rings (SSSR count). The average Bonchev–Trinajstić information content (AvgIpc) is 3.52. The number of hydrogen-bond acceptors (Lipinski definition) is 5. The number of carboxylic acids is 1. The van der Waals surface area contributed by atoms with Gasteiger partial charge in [-0.15, -0.1) is 0 Å². The van der Waals surface area contributed by atoms with E-state index >= 15 is 8.78 Å². The smallest absolute Gasteiger partial charge is 0.545 e. The van der Waals surface area contributed by atoms with Crippen LogP contribution < -0.4 is 40.4 Å². The van der Waals surface area contributed by atoms with Crippen LogP contribution in [-0.2, 0) is 6.54 Å². The first-order valence-electron chi connectivity index (χ1n) is 12.3. The van der Waals surface area contributed by atoms with E-state index in [2.05, 4.69) is 5.10 Å². The van der Waals surface area contributed by atoms with E-state index in [0.29, 0.717) is 28.0 Å². The summed E-state index contributed by atoms with van der Waals surface area (Å²) in [6.07, 6.45) is 9.49. The van der Waals surface area contributed by atoms with Crippen LogP contribution in [0.4, 0.5) is 8.78 Å². The molecule has 0 aliphatic heterocycles. The second-order valence-corrected chi connectivity index (χ2v) is 10.7. The summed E-state index contributed by atoms with van der Waals surface area (Å²) in [7, 11) is 0. The Morgan fingerprint density at radius 2 is 1.89 bits per heavy atom. The van der Waals surface area contributed by atoms with Gasteiger partial charge in [0.05, 0.1) is 28.4 Å². The molecule has 0 amide bonds. The van der Waals surface area contributed by atoms with E-state index < -0.39 is 23.2 Å². The summed E-state index contributed by atoms with van der Waals surface area (Å²) in [5, 5.41) is 16.5. The van der Waals surface area contributed by atoms with Gasteiger partial charge in [0.15, 0.2) is 5.82 Å². The normalized spacial score (nSPS) is 13.2. The second-order valence-electron chi connectivity index (χ2n) is 9.25. The molecule has 2 N–H and O–H groups in total. The summed E-state index contributed by atoms with van der Waals surface area (Å²) in [6, 6.07) is 7.38. The monoisotopic (exact) mass is 566 g/mol. The molecule has 0 saturated heterocycles. The molecule has 2 aromatic heterocycles. The minimum atomic E-state index is -1.59. The van der Waals surface area contributed by atoms with Crippen molar-refractivity contribution in [3.05, 3.63) is 70.6 Å². The van der Waals surface area contributed by atoms with Gasteiger partial charge >= 0.3 is 29.6 Å². The topological polar surface area (TPSA) is 88.9 Å². The Balaban J connectivity index is 0.00000336. The first-order valence-corrected chi connectivity index (χ1v) is 13.5. The molecular weight excluding hydrogens is 541 g/mol. The number of carboxylic acid groups (broad SMARTS) is 1. The molecule has 2 aromatic carbocycles. The van der Waals surface area contributed by atoms with Gasteiger partial charge in [-0.1, -0.05) is 48.3 Å². The fraction of sp³-hybridized carbons (Fsp3) is 0.333. The number of carbonyl (C=O) groups is 1.